The summed E-state index contributed by atoms with van der Waals surface area (Å²) < 4.78 is 21.5. The van der Waals surface area contributed by atoms with Crippen LogP contribution in [0.2, 0.25) is 0 Å². The Hall–Kier alpha value is -5.39. The van der Waals surface area contributed by atoms with E-state index in [0.717, 1.165) is 16.7 Å². The molecule has 3 rings (SSSR count). The molecule has 0 radical (unpaired) electrons. The van der Waals surface area contributed by atoms with Gasteiger partial charge in [0.1, 0.15) is 43.5 Å². The van der Waals surface area contributed by atoms with Gasteiger partial charge in [0.05, 0.1) is 0 Å². The molecule has 3 N–H and O–H groups in total. The van der Waals surface area contributed by atoms with E-state index in [4.69, 9.17) is 18.9 Å². The van der Waals surface area contributed by atoms with E-state index in [-0.39, 0.29) is 39.1 Å². The summed E-state index contributed by atoms with van der Waals surface area (Å²) in [4.78, 5) is 64.4. The number of hydrogen-bond acceptors (Lipinski definition) is 9. The van der Waals surface area contributed by atoms with Crippen LogP contribution in [0.4, 0.5) is 9.59 Å². The van der Waals surface area contributed by atoms with E-state index in [1.165, 1.54) is 6.92 Å². The summed E-state index contributed by atoms with van der Waals surface area (Å²) in [5, 5.41) is 7.70. The largest absolute Gasteiger partial charge is 0.459 e. The molecule has 0 aliphatic carbocycles. The summed E-state index contributed by atoms with van der Waals surface area (Å²) in [5.74, 6) is -2.02. The summed E-state index contributed by atoms with van der Waals surface area (Å²) in [6.45, 7) is 6.52. The van der Waals surface area contributed by atoms with Gasteiger partial charge in [-0.2, -0.15) is 0 Å². The number of amides is 3. The van der Waals surface area contributed by atoms with Crippen molar-refractivity contribution in [3.05, 3.63) is 108 Å². The lowest BCUT2D eigenvalue weighted by Crippen LogP contribution is -2.52. The van der Waals surface area contributed by atoms with E-state index in [1.807, 2.05) is 54.6 Å². The number of alkyl carbamates (subject to hydrolysis) is 2. The zero-order valence-corrected chi connectivity index (χ0v) is 28.3. The van der Waals surface area contributed by atoms with Crippen molar-refractivity contribution in [1.29, 1.82) is 0 Å². The molecule has 0 bridgehead atoms. The summed E-state index contributed by atoms with van der Waals surface area (Å²) in [5.41, 5.74) is 1.47. The van der Waals surface area contributed by atoms with E-state index in [0.29, 0.717) is 0 Å². The Morgan fingerprint density at radius 3 is 1.49 bits per heavy atom. The van der Waals surface area contributed by atoms with Crippen LogP contribution in [0.15, 0.2) is 91.0 Å². The van der Waals surface area contributed by atoms with Gasteiger partial charge >= 0.3 is 24.1 Å². The van der Waals surface area contributed by atoms with E-state index in [1.54, 1.807) is 57.2 Å². The summed E-state index contributed by atoms with van der Waals surface area (Å²) in [6.07, 6.45) is -1.42. The first-order valence-electron chi connectivity index (χ1n) is 16.1. The lowest BCUT2D eigenvalue weighted by atomic mass is 10.0. The second kappa shape index (κ2) is 19.4. The Kier molecular flexibility index (Phi) is 15.1. The van der Waals surface area contributed by atoms with E-state index in [2.05, 4.69) is 16.0 Å². The zero-order valence-electron chi connectivity index (χ0n) is 28.3. The molecule has 0 saturated carbocycles. The number of nitrogens with one attached hydrogen (secondary N) is 3. The second-order valence-electron chi connectivity index (χ2n) is 12.3. The van der Waals surface area contributed by atoms with Gasteiger partial charge in [0, 0.05) is 0 Å². The predicted molar refractivity (Wildman–Crippen MR) is 181 cm³/mol. The van der Waals surface area contributed by atoms with Crippen molar-refractivity contribution >= 4 is 30.0 Å². The van der Waals surface area contributed by atoms with Crippen molar-refractivity contribution in [3.63, 3.8) is 0 Å². The van der Waals surface area contributed by atoms with Crippen molar-refractivity contribution in [1.82, 2.24) is 16.0 Å². The van der Waals surface area contributed by atoms with Crippen LogP contribution in [0, 0.1) is 0 Å². The van der Waals surface area contributed by atoms with Crippen molar-refractivity contribution < 1.29 is 42.9 Å². The molecule has 1 unspecified atom stereocenters. The predicted octanol–water partition coefficient (Wildman–Crippen LogP) is 5.34. The maximum absolute atomic E-state index is 13.3. The number of esters is 2. The maximum atomic E-state index is 13.3. The van der Waals surface area contributed by atoms with Crippen LogP contribution in [0.1, 0.15) is 63.6 Å². The van der Waals surface area contributed by atoms with Crippen LogP contribution < -0.4 is 16.0 Å². The quantitative estimate of drug-likeness (QED) is 0.135. The highest BCUT2D eigenvalue weighted by Gasteiger charge is 2.29. The molecule has 3 amide bonds. The topological polar surface area (TPSA) is 158 Å². The van der Waals surface area contributed by atoms with Crippen LogP contribution in [-0.4, -0.2) is 53.8 Å². The molecule has 12 nitrogen and oxygen atoms in total. The van der Waals surface area contributed by atoms with E-state index in [9.17, 15) is 24.0 Å². The smallest absolute Gasteiger partial charge is 0.408 e. The molecule has 0 aliphatic heterocycles. The highest BCUT2D eigenvalue weighted by atomic mass is 16.6. The minimum Gasteiger partial charge on any atom is -0.459 e. The van der Waals surface area contributed by atoms with Gasteiger partial charge in [-0.05, 0) is 63.6 Å². The zero-order chi connectivity index (χ0) is 35.6. The molecular formula is C37H45N3O9. The first-order valence-corrected chi connectivity index (χ1v) is 16.1. The van der Waals surface area contributed by atoms with Crippen LogP contribution in [-0.2, 0) is 53.2 Å². The molecule has 262 valence electrons. The molecule has 0 aliphatic rings. The van der Waals surface area contributed by atoms with E-state index < -0.39 is 53.8 Å². The molecule has 49 heavy (non-hydrogen) atoms. The fourth-order valence-electron chi connectivity index (χ4n) is 4.46. The average Bonchev–Trinajstić information content (AvgIpc) is 3.08. The van der Waals surface area contributed by atoms with Crippen molar-refractivity contribution in [3.8, 4) is 0 Å². The first kappa shape index (κ1) is 38.1. The molecular weight excluding hydrogens is 630 g/mol. The molecule has 0 heterocycles. The summed E-state index contributed by atoms with van der Waals surface area (Å²) >= 11 is 0. The fourth-order valence-corrected chi connectivity index (χ4v) is 4.46. The molecule has 0 spiro atoms. The van der Waals surface area contributed by atoms with Gasteiger partial charge in [-0.15, -0.1) is 0 Å². The molecule has 0 saturated heterocycles. The third-order valence-corrected chi connectivity index (χ3v) is 6.94. The molecule has 0 fully saturated rings. The lowest BCUT2D eigenvalue weighted by molar-refractivity contribution is -0.149. The SMILES string of the molecule is C[C@@H](NC(=O)[C@@H](CCCC(NC(=O)OCc1ccccc1)C(=O)OCc1ccccc1)NC(=O)OC(C)(C)C)C(=O)OCc1ccccc1. The molecule has 3 aromatic rings. The molecule has 3 aromatic carbocycles. The standard InChI is InChI=1S/C37H45N3O9/c1-26(33(42)46-23-27-15-8-5-9-16-27)38-32(41)30(39-36(45)49-37(2,3)4)21-14-22-31(34(43)47-24-28-17-10-6-11-18-28)40-35(44)48-25-29-19-12-7-13-20-29/h5-13,15-20,26,30-31H,14,21-25H2,1-4H3,(H,38,41)(H,39,45)(H,40,44)/t26-,30-,31?/m1/s1. The molecule has 12 heteroatoms. The Morgan fingerprint density at radius 2 is 1.00 bits per heavy atom. The average molecular weight is 676 g/mol. The normalized spacial score (nSPS) is 12.7. The maximum Gasteiger partial charge on any atom is 0.408 e. The van der Waals surface area contributed by atoms with Crippen molar-refractivity contribution in [2.24, 2.45) is 0 Å². The number of ether oxygens (including phenoxy) is 4. The molecule has 3 atom stereocenters. The van der Waals surface area contributed by atoms with Gasteiger partial charge in [-0.25, -0.2) is 19.2 Å². The van der Waals surface area contributed by atoms with Gasteiger partial charge < -0.3 is 34.9 Å². The minimum absolute atomic E-state index is 0.00746. The monoisotopic (exact) mass is 675 g/mol. The number of benzene rings is 3. The van der Waals surface area contributed by atoms with Crippen LogP contribution in [0.3, 0.4) is 0 Å². The number of carbonyl (C=O) groups is 5. The van der Waals surface area contributed by atoms with Crippen LogP contribution in [0.25, 0.3) is 0 Å². The van der Waals surface area contributed by atoms with Gasteiger partial charge in [0.2, 0.25) is 5.91 Å². The third kappa shape index (κ3) is 14.9. The Labute approximate surface area is 286 Å². The van der Waals surface area contributed by atoms with Gasteiger partial charge in [0.15, 0.2) is 0 Å². The Morgan fingerprint density at radius 1 is 0.571 bits per heavy atom. The van der Waals surface area contributed by atoms with Crippen molar-refractivity contribution in [2.75, 3.05) is 0 Å². The number of hydrogen-bond donors (Lipinski definition) is 3. The lowest BCUT2D eigenvalue weighted by Gasteiger charge is -2.25. The fraction of sp³-hybridized carbons (Fsp3) is 0.378. The van der Waals surface area contributed by atoms with Gasteiger partial charge in [-0.3, -0.25) is 4.79 Å². The second-order valence-corrected chi connectivity index (χ2v) is 12.3. The summed E-state index contributed by atoms with van der Waals surface area (Å²) in [7, 11) is 0. The molecule has 0 aromatic heterocycles. The highest BCUT2D eigenvalue weighted by molar-refractivity contribution is 5.89. The van der Waals surface area contributed by atoms with Crippen molar-refractivity contribution in [2.45, 2.75) is 90.5 Å². The Balaban J connectivity index is 1.64. The summed E-state index contributed by atoms with van der Waals surface area (Å²) in [6, 6.07) is 23.9. The third-order valence-electron chi connectivity index (χ3n) is 6.94. The van der Waals surface area contributed by atoms with E-state index >= 15 is 0 Å². The Bertz CT molecular complexity index is 1500. The number of rotatable bonds is 16. The van der Waals surface area contributed by atoms with Gasteiger partial charge in [0.25, 0.3) is 0 Å². The van der Waals surface area contributed by atoms with Crippen LogP contribution >= 0.6 is 0 Å². The first-order chi connectivity index (χ1) is 23.4. The minimum atomic E-state index is -1.15. The van der Waals surface area contributed by atoms with Gasteiger partial charge in [-0.1, -0.05) is 91.0 Å². The highest BCUT2D eigenvalue weighted by Crippen LogP contribution is 2.12. The van der Waals surface area contributed by atoms with Crippen LogP contribution in [0.5, 0.6) is 0 Å². The number of carbonyl (C=O) groups excluding carboxylic acids is 5.